The Balaban J connectivity index is 1.26. The lowest BCUT2D eigenvalue weighted by Gasteiger charge is -2.26. The molecule has 2 heterocycles. The van der Waals surface area contributed by atoms with Gasteiger partial charge in [0.05, 0.1) is 6.54 Å². The van der Waals surface area contributed by atoms with E-state index in [0.29, 0.717) is 0 Å². The highest BCUT2D eigenvalue weighted by molar-refractivity contribution is 5.94. The first-order chi connectivity index (χ1) is 14.3. The molecule has 152 valence electrons. The Kier molecular flexibility index (Phi) is 6.29. The molecule has 0 saturated carbocycles. The van der Waals surface area contributed by atoms with Crippen LogP contribution in [0.3, 0.4) is 0 Å². The van der Waals surface area contributed by atoms with E-state index in [1.165, 1.54) is 17.5 Å². The fourth-order valence-electron chi connectivity index (χ4n) is 3.64. The molecule has 1 amide bonds. The van der Waals surface area contributed by atoms with Crippen LogP contribution in [0.25, 0.3) is 0 Å². The summed E-state index contributed by atoms with van der Waals surface area (Å²) in [6.45, 7) is 3.56. The van der Waals surface area contributed by atoms with Gasteiger partial charge in [-0.2, -0.15) is 0 Å². The number of guanidine groups is 1. The number of benzene rings is 2. The summed E-state index contributed by atoms with van der Waals surface area (Å²) in [5, 5.41) is 6.48. The maximum atomic E-state index is 12.2. The van der Waals surface area contributed by atoms with Crippen LogP contribution in [-0.4, -0.2) is 49.6 Å². The lowest BCUT2D eigenvalue weighted by Crippen LogP contribution is -2.38. The number of hydrogen-bond donors (Lipinski definition) is 2. The predicted octanol–water partition coefficient (Wildman–Crippen LogP) is 3.04. The smallest absolute Gasteiger partial charge is 0.260 e. The summed E-state index contributed by atoms with van der Waals surface area (Å²) in [5.41, 5.74) is 3.48. The number of carbonyl (C=O) groups is 1. The minimum atomic E-state index is 0.0845. The van der Waals surface area contributed by atoms with Crippen LogP contribution in [0.1, 0.15) is 30.4 Å². The minimum absolute atomic E-state index is 0.0845. The molecule has 2 aromatic rings. The van der Waals surface area contributed by atoms with Crippen LogP contribution in [0.4, 0.5) is 5.69 Å². The highest BCUT2D eigenvalue weighted by atomic mass is 16.5. The van der Waals surface area contributed by atoms with Crippen LogP contribution in [-0.2, 0) is 11.2 Å². The molecule has 0 spiro atoms. The van der Waals surface area contributed by atoms with E-state index >= 15 is 0 Å². The molecule has 2 N–H and O–H groups in total. The molecule has 1 saturated heterocycles. The van der Waals surface area contributed by atoms with Crippen molar-refractivity contribution in [1.29, 1.82) is 0 Å². The standard InChI is InChI=1S/C23H28N4O2/c28-22(27-14-2-1-3-15-27)17-29-21-10-6-19(7-11-21)16-18-4-8-20(9-5-18)26-23-24-12-13-25-23/h4-11H,1-3,12-17H2,(H2,24,25,26). The van der Waals surface area contributed by atoms with Gasteiger partial charge in [0.15, 0.2) is 12.6 Å². The predicted molar refractivity (Wildman–Crippen MR) is 116 cm³/mol. The van der Waals surface area contributed by atoms with Gasteiger partial charge in [-0.25, -0.2) is 0 Å². The van der Waals surface area contributed by atoms with Crippen molar-refractivity contribution in [1.82, 2.24) is 10.2 Å². The minimum Gasteiger partial charge on any atom is -0.484 e. The second-order valence-corrected chi connectivity index (χ2v) is 7.53. The highest BCUT2D eigenvalue weighted by Gasteiger charge is 2.16. The van der Waals surface area contributed by atoms with Crippen LogP contribution in [0.15, 0.2) is 53.5 Å². The van der Waals surface area contributed by atoms with Crippen LogP contribution in [0.5, 0.6) is 5.75 Å². The molecular formula is C23H28N4O2. The van der Waals surface area contributed by atoms with Crippen molar-refractivity contribution in [2.75, 3.05) is 38.1 Å². The Morgan fingerprint density at radius 2 is 1.69 bits per heavy atom. The average molecular weight is 393 g/mol. The molecule has 0 atom stereocenters. The number of rotatable bonds is 6. The zero-order valence-electron chi connectivity index (χ0n) is 16.7. The van der Waals surface area contributed by atoms with Gasteiger partial charge in [0.25, 0.3) is 5.91 Å². The van der Waals surface area contributed by atoms with Gasteiger partial charge >= 0.3 is 0 Å². The summed E-state index contributed by atoms with van der Waals surface area (Å²) in [7, 11) is 0. The van der Waals surface area contributed by atoms with Gasteiger partial charge in [0.2, 0.25) is 0 Å². The molecule has 2 aliphatic rings. The summed E-state index contributed by atoms with van der Waals surface area (Å²) in [6.07, 6.45) is 4.27. The Hall–Kier alpha value is -3.02. The van der Waals surface area contributed by atoms with Crippen molar-refractivity contribution >= 4 is 17.6 Å². The lowest BCUT2D eigenvalue weighted by molar-refractivity contribution is -0.134. The Labute approximate surface area is 172 Å². The number of piperidine rings is 1. The fourth-order valence-corrected chi connectivity index (χ4v) is 3.64. The number of nitrogens with zero attached hydrogens (tertiary/aromatic N) is 2. The van der Waals surface area contributed by atoms with Crippen LogP contribution >= 0.6 is 0 Å². The fraction of sp³-hybridized carbons (Fsp3) is 0.391. The zero-order valence-corrected chi connectivity index (χ0v) is 16.7. The van der Waals surface area contributed by atoms with Gasteiger partial charge in [-0.05, 0) is 61.1 Å². The molecule has 0 aliphatic carbocycles. The van der Waals surface area contributed by atoms with E-state index in [4.69, 9.17) is 4.74 Å². The first-order valence-corrected chi connectivity index (χ1v) is 10.4. The number of likely N-dealkylation sites (tertiary alicyclic amines) is 1. The van der Waals surface area contributed by atoms with E-state index in [9.17, 15) is 4.79 Å². The van der Waals surface area contributed by atoms with E-state index in [-0.39, 0.29) is 12.5 Å². The lowest BCUT2D eigenvalue weighted by atomic mass is 10.0. The number of ether oxygens (including phenoxy) is 1. The molecular weight excluding hydrogens is 364 g/mol. The van der Waals surface area contributed by atoms with Crippen molar-refractivity contribution in [3.63, 3.8) is 0 Å². The summed E-state index contributed by atoms with van der Waals surface area (Å²) in [5.74, 6) is 1.66. The summed E-state index contributed by atoms with van der Waals surface area (Å²) >= 11 is 0. The van der Waals surface area contributed by atoms with Gasteiger partial charge in [-0.15, -0.1) is 0 Å². The first-order valence-electron chi connectivity index (χ1n) is 10.4. The number of carbonyl (C=O) groups excluding carboxylic acids is 1. The zero-order chi connectivity index (χ0) is 19.9. The van der Waals surface area contributed by atoms with Crippen molar-refractivity contribution < 1.29 is 9.53 Å². The van der Waals surface area contributed by atoms with Crippen LogP contribution in [0.2, 0.25) is 0 Å². The van der Waals surface area contributed by atoms with Gasteiger partial charge in [-0.3, -0.25) is 9.79 Å². The van der Waals surface area contributed by atoms with Crippen molar-refractivity contribution in [2.24, 2.45) is 4.99 Å². The first kappa shape index (κ1) is 19.3. The van der Waals surface area contributed by atoms with E-state index in [2.05, 4.69) is 52.0 Å². The van der Waals surface area contributed by atoms with Crippen molar-refractivity contribution in [2.45, 2.75) is 25.7 Å². The van der Waals surface area contributed by atoms with Gasteiger partial charge in [0, 0.05) is 25.3 Å². The molecule has 2 aliphatic heterocycles. The van der Waals surface area contributed by atoms with E-state index in [1.54, 1.807) is 0 Å². The Morgan fingerprint density at radius 3 is 2.34 bits per heavy atom. The topological polar surface area (TPSA) is 66.0 Å². The normalized spacial score (nSPS) is 16.1. The van der Waals surface area contributed by atoms with E-state index in [0.717, 1.165) is 62.8 Å². The molecule has 6 nitrogen and oxygen atoms in total. The van der Waals surface area contributed by atoms with E-state index in [1.807, 2.05) is 17.0 Å². The molecule has 4 rings (SSSR count). The summed E-state index contributed by atoms with van der Waals surface area (Å²) in [6, 6.07) is 16.4. The van der Waals surface area contributed by atoms with Gasteiger partial charge in [-0.1, -0.05) is 24.3 Å². The number of amides is 1. The Bertz CT molecular complexity index is 840. The summed E-state index contributed by atoms with van der Waals surface area (Å²) in [4.78, 5) is 18.4. The molecule has 0 radical (unpaired) electrons. The number of hydrogen-bond acceptors (Lipinski definition) is 5. The molecule has 1 fully saturated rings. The quantitative estimate of drug-likeness (QED) is 0.793. The highest BCUT2D eigenvalue weighted by Crippen LogP contribution is 2.18. The molecule has 0 bridgehead atoms. The van der Waals surface area contributed by atoms with E-state index < -0.39 is 0 Å². The average Bonchev–Trinajstić information content (AvgIpc) is 3.28. The number of anilines is 1. The number of nitrogens with one attached hydrogen (secondary N) is 2. The maximum absolute atomic E-state index is 12.2. The largest absolute Gasteiger partial charge is 0.484 e. The third kappa shape index (κ3) is 5.50. The molecule has 2 aromatic carbocycles. The van der Waals surface area contributed by atoms with Crippen molar-refractivity contribution in [3.8, 4) is 5.75 Å². The maximum Gasteiger partial charge on any atom is 0.260 e. The Morgan fingerprint density at radius 1 is 1.00 bits per heavy atom. The SMILES string of the molecule is O=C(COc1ccc(Cc2ccc(NC3=NCCN3)cc2)cc1)N1CCCCC1. The third-order valence-corrected chi connectivity index (χ3v) is 5.29. The van der Waals surface area contributed by atoms with Crippen molar-refractivity contribution in [3.05, 3.63) is 59.7 Å². The number of aliphatic imine (C=N–C) groups is 1. The molecule has 0 unspecified atom stereocenters. The van der Waals surface area contributed by atoms with Crippen LogP contribution < -0.4 is 15.4 Å². The summed E-state index contributed by atoms with van der Waals surface area (Å²) < 4.78 is 5.69. The second kappa shape index (κ2) is 9.45. The molecule has 6 heteroatoms. The third-order valence-electron chi connectivity index (χ3n) is 5.29. The van der Waals surface area contributed by atoms with Gasteiger partial charge in [0.1, 0.15) is 5.75 Å². The van der Waals surface area contributed by atoms with Crippen LogP contribution in [0, 0.1) is 0 Å². The molecule has 29 heavy (non-hydrogen) atoms. The monoisotopic (exact) mass is 392 g/mol. The molecule has 0 aromatic heterocycles. The van der Waals surface area contributed by atoms with Gasteiger partial charge < -0.3 is 20.3 Å². The second-order valence-electron chi connectivity index (χ2n) is 7.53.